The van der Waals surface area contributed by atoms with Gasteiger partial charge in [0.2, 0.25) is 5.91 Å². The van der Waals surface area contributed by atoms with Crippen LogP contribution in [-0.4, -0.2) is 35.4 Å². The second kappa shape index (κ2) is 8.26. The maximum Gasteiger partial charge on any atom is 0.241 e. The highest BCUT2D eigenvalue weighted by Gasteiger charge is 2.26. The largest absolute Gasteiger partial charge is 0.381 e. The SMILES string of the molecule is NC(C(=O)Nc1ccc(Sc2nncs2)c(Cl)c1)C1CCOCC1. The van der Waals surface area contributed by atoms with Gasteiger partial charge in [0.25, 0.3) is 0 Å². The number of nitrogens with zero attached hydrogens (tertiary/aromatic N) is 2. The Kier molecular flexibility index (Phi) is 6.07. The van der Waals surface area contributed by atoms with Gasteiger partial charge in [-0.15, -0.1) is 10.2 Å². The minimum atomic E-state index is -0.539. The number of aromatic nitrogens is 2. The molecule has 6 nitrogen and oxygen atoms in total. The van der Waals surface area contributed by atoms with Gasteiger partial charge >= 0.3 is 0 Å². The van der Waals surface area contributed by atoms with E-state index >= 15 is 0 Å². The molecule has 0 bridgehead atoms. The molecule has 128 valence electrons. The fraction of sp³-hybridized carbons (Fsp3) is 0.400. The second-order valence-electron chi connectivity index (χ2n) is 5.42. The highest BCUT2D eigenvalue weighted by molar-refractivity contribution is 8.01. The van der Waals surface area contributed by atoms with Crippen LogP contribution in [-0.2, 0) is 9.53 Å². The van der Waals surface area contributed by atoms with Crippen molar-refractivity contribution in [2.24, 2.45) is 11.7 Å². The summed E-state index contributed by atoms with van der Waals surface area (Å²) < 4.78 is 6.12. The first-order valence-electron chi connectivity index (χ1n) is 7.51. The Morgan fingerprint density at radius 3 is 2.92 bits per heavy atom. The monoisotopic (exact) mass is 384 g/mol. The van der Waals surface area contributed by atoms with Crippen molar-refractivity contribution in [3.8, 4) is 0 Å². The van der Waals surface area contributed by atoms with Gasteiger partial charge in [-0.25, -0.2) is 0 Å². The van der Waals surface area contributed by atoms with Gasteiger partial charge in [0.05, 0.1) is 11.1 Å². The molecule has 1 saturated heterocycles. The fourth-order valence-corrected chi connectivity index (χ4v) is 4.21. The number of halogens is 1. The number of hydrogen-bond donors (Lipinski definition) is 2. The summed E-state index contributed by atoms with van der Waals surface area (Å²) in [5.74, 6) is -0.0380. The molecule has 1 fully saturated rings. The predicted molar refractivity (Wildman–Crippen MR) is 95.6 cm³/mol. The Hall–Kier alpha value is -1.19. The van der Waals surface area contributed by atoms with Crippen molar-refractivity contribution >= 4 is 46.3 Å². The first-order chi connectivity index (χ1) is 11.6. The number of benzene rings is 1. The zero-order valence-corrected chi connectivity index (χ0v) is 15.2. The zero-order chi connectivity index (χ0) is 16.9. The first kappa shape index (κ1) is 17.6. The highest BCUT2D eigenvalue weighted by Crippen LogP contribution is 2.35. The lowest BCUT2D eigenvalue weighted by Crippen LogP contribution is -2.44. The third-order valence-electron chi connectivity index (χ3n) is 3.81. The normalized spacial score (nSPS) is 16.8. The van der Waals surface area contributed by atoms with Gasteiger partial charge in [-0.05, 0) is 37.0 Å². The Labute approximate surface area is 153 Å². The summed E-state index contributed by atoms with van der Waals surface area (Å²) in [4.78, 5) is 13.2. The van der Waals surface area contributed by atoms with Crippen LogP contribution in [0.2, 0.25) is 5.02 Å². The molecule has 3 rings (SSSR count). The lowest BCUT2D eigenvalue weighted by molar-refractivity contribution is -0.119. The molecule has 24 heavy (non-hydrogen) atoms. The summed E-state index contributed by atoms with van der Waals surface area (Å²) in [6, 6.07) is 4.84. The molecule has 9 heteroatoms. The van der Waals surface area contributed by atoms with E-state index in [9.17, 15) is 4.79 Å². The minimum absolute atomic E-state index is 0.154. The second-order valence-corrected chi connectivity index (χ2v) is 7.95. The standard InChI is InChI=1S/C15H17ClN4O2S2/c16-11-7-10(1-2-12(11)24-15-20-18-8-23-15)19-14(21)13(17)9-3-5-22-6-4-9/h1-2,7-9,13H,3-6,17H2,(H,19,21). The summed E-state index contributed by atoms with van der Waals surface area (Å²) >= 11 is 9.18. The Balaban J connectivity index is 1.62. The number of amides is 1. The quantitative estimate of drug-likeness (QED) is 0.823. The molecule has 1 atom stereocenters. The third-order valence-corrected chi connectivity index (χ3v) is 6.09. The van der Waals surface area contributed by atoms with Crippen molar-refractivity contribution in [3.63, 3.8) is 0 Å². The summed E-state index contributed by atoms with van der Waals surface area (Å²) in [5.41, 5.74) is 8.38. The van der Waals surface area contributed by atoms with Crippen molar-refractivity contribution < 1.29 is 9.53 Å². The van der Waals surface area contributed by atoms with E-state index < -0.39 is 6.04 Å². The maximum atomic E-state index is 12.3. The van der Waals surface area contributed by atoms with Crippen LogP contribution in [0, 0.1) is 5.92 Å². The number of anilines is 1. The topological polar surface area (TPSA) is 90.1 Å². The van der Waals surface area contributed by atoms with Crippen molar-refractivity contribution in [2.75, 3.05) is 18.5 Å². The lowest BCUT2D eigenvalue weighted by atomic mass is 9.92. The van der Waals surface area contributed by atoms with Crippen LogP contribution in [0.5, 0.6) is 0 Å². The van der Waals surface area contributed by atoms with Gasteiger partial charge in [0.15, 0.2) is 4.34 Å². The van der Waals surface area contributed by atoms with Gasteiger partial charge in [-0.1, -0.05) is 34.7 Å². The summed E-state index contributed by atoms with van der Waals surface area (Å²) in [7, 11) is 0. The summed E-state index contributed by atoms with van der Waals surface area (Å²) in [6.07, 6.45) is 1.62. The van der Waals surface area contributed by atoms with Crippen LogP contribution in [0.4, 0.5) is 5.69 Å². The van der Waals surface area contributed by atoms with Crippen LogP contribution in [0.15, 0.2) is 32.9 Å². The summed E-state index contributed by atoms with van der Waals surface area (Å²) in [5, 5.41) is 11.2. The van der Waals surface area contributed by atoms with Crippen LogP contribution in [0.25, 0.3) is 0 Å². The zero-order valence-electron chi connectivity index (χ0n) is 12.8. The van der Waals surface area contributed by atoms with Crippen molar-refractivity contribution in [2.45, 2.75) is 28.1 Å². The van der Waals surface area contributed by atoms with Gasteiger partial charge < -0.3 is 15.8 Å². The van der Waals surface area contributed by atoms with Gasteiger partial charge in [0.1, 0.15) is 5.51 Å². The van der Waals surface area contributed by atoms with Crippen LogP contribution < -0.4 is 11.1 Å². The molecule has 1 aliphatic rings. The molecule has 1 aromatic carbocycles. The van der Waals surface area contributed by atoms with E-state index in [4.69, 9.17) is 22.1 Å². The van der Waals surface area contributed by atoms with E-state index in [1.165, 1.54) is 23.1 Å². The number of nitrogens with one attached hydrogen (secondary N) is 1. The van der Waals surface area contributed by atoms with Crippen LogP contribution in [0.1, 0.15) is 12.8 Å². The van der Waals surface area contributed by atoms with E-state index in [0.717, 1.165) is 22.1 Å². The van der Waals surface area contributed by atoms with E-state index in [-0.39, 0.29) is 11.8 Å². The molecule has 0 saturated carbocycles. The van der Waals surface area contributed by atoms with E-state index in [1.54, 1.807) is 11.6 Å². The van der Waals surface area contributed by atoms with Crippen molar-refractivity contribution in [1.29, 1.82) is 0 Å². The molecular weight excluding hydrogens is 368 g/mol. The Bertz CT molecular complexity index is 693. The summed E-state index contributed by atoms with van der Waals surface area (Å²) in [6.45, 7) is 1.32. The highest BCUT2D eigenvalue weighted by atomic mass is 35.5. The number of rotatable bonds is 5. The molecule has 2 heterocycles. The van der Waals surface area contributed by atoms with Crippen molar-refractivity contribution in [3.05, 3.63) is 28.7 Å². The molecule has 0 spiro atoms. The van der Waals surface area contributed by atoms with E-state index in [0.29, 0.717) is 23.9 Å². The Morgan fingerprint density at radius 2 is 2.25 bits per heavy atom. The third kappa shape index (κ3) is 4.46. The van der Waals surface area contributed by atoms with Gasteiger partial charge in [0, 0.05) is 23.8 Å². The molecule has 1 aliphatic heterocycles. The number of nitrogens with two attached hydrogens (primary N) is 1. The van der Waals surface area contributed by atoms with E-state index in [2.05, 4.69) is 15.5 Å². The first-order valence-corrected chi connectivity index (χ1v) is 9.58. The molecule has 1 unspecified atom stereocenters. The fourth-order valence-electron chi connectivity index (χ4n) is 2.48. The molecule has 1 aromatic heterocycles. The molecule has 1 amide bonds. The minimum Gasteiger partial charge on any atom is -0.381 e. The average Bonchev–Trinajstić information content (AvgIpc) is 3.10. The number of carbonyl (C=O) groups excluding carboxylic acids is 1. The van der Waals surface area contributed by atoms with Gasteiger partial charge in [-0.3, -0.25) is 4.79 Å². The number of carbonyl (C=O) groups is 1. The smallest absolute Gasteiger partial charge is 0.241 e. The molecule has 2 aromatic rings. The van der Waals surface area contributed by atoms with Crippen LogP contribution in [0.3, 0.4) is 0 Å². The van der Waals surface area contributed by atoms with E-state index in [1.807, 2.05) is 12.1 Å². The maximum absolute atomic E-state index is 12.3. The van der Waals surface area contributed by atoms with Crippen LogP contribution >= 0.6 is 34.7 Å². The average molecular weight is 385 g/mol. The molecular formula is C15H17ClN4O2S2. The lowest BCUT2D eigenvalue weighted by Gasteiger charge is -2.26. The molecule has 0 aliphatic carbocycles. The van der Waals surface area contributed by atoms with Gasteiger partial charge in [-0.2, -0.15) is 0 Å². The Morgan fingerprint density at radius 1 is 1.46 bits per heavy atom. The molecule has 3 N–H and O–H groups in total. The predicted octanol–water partition coefficient (Wildman–Crippen LogP) is 3.04. The van der Waals surface area contributed by atoms with Crippen molar-refractivity contribution in [1.82, 2.24) is 10.2 Å². The molecule has 0 radical (unpaired) electrons. The number of hydrogen-bond acceptors (Lipinski definition) is 7. The number of ether oxygens (including phenoxy) is 1.